The zero-order chi connectivity index (χ0) is 18.5. The van der Waals surface area contributed by atoms with E-state index in [9.17, 15) is 9.90 Å². The van der Waals surface area contributed by atoms with E-state index in [1.807, 2.05) is 0 Å². The van der Waals surface area contributed by atoms with Crippen molar-refractivity contribution in [3.63, 3.8) is 0 Å². The van der Waals surface area contributed by atoms with Crippen molar-refractivity contribution in [2.45, 2.75) is 6.54 Å². The molecule has 0 aliphatic heterocycles. The topological polar surface area (TPSA) is 105 Å². The molecule has 8 nitrogen and oxygen atoms in total. The Hall–Kier alpha value is -2.97. The summed E-state index contributed by atoms with van der Waals surface area (Å²) in [6, 6.07) is 11.5. The summed E-state index contributed by atoms with van der Waals surface area (Å²) in [6.45, 7) is -0.184. The number of rotatable bonds is 5. The minimum atomic E-state index is -0.467. The Bertz CT molecular complexity index is 973. The Morgan fingerprint density at radius 2 is 2.08 bits per heavy atom. The third kappa shape index (κ3) is 4.35. The second-order valence-corrected chi connectivity index (χ2v) is 5.96. The van der Waals surface area contributed by atoms with Gasteiger partial charge in [0.2, 0.25) is 5.82 Å². The molecule has 0 aliphatic rings. The molecule has 1 aromatic heterocycles. The van der Waals surface area contributed by atoms with Crippen LogP contribution in [0, 0.1) is 0 Å². The highest BCUT2D eigenvalue weighted by molar-refractivity contribution is 6.33. The molecule has 0 aliphatic carbocycles. The van der Waals surface area contributed by atoms with Crippen LogP contribution < -0.4 is 5.43 Å². The summed E-state index contributed by atoms with van der Waals surface area (Å²) in [5.41, 5.74) is 3.30. The summed E-state index contributed by atoms with van der Waals surface area (Å²) in [7, 11) is 0. The van der Waals surface area contributed by atoms with Crippen molar-refractivity contribution in [3.8, 4) is 17.1 Å². The molecule has 3 aromatic rings. The van der Waals surface area contributed by atoms with E-state index in [4.69, 9.17) is 23.2 Å². The Morgan fingerprint density at radius 1 is 1.27 bits per heavy atom. The molecule has 1 amide bonds. The minimum Gasteiger partial charge on any atom is -0.507 e. The normalized spacial score (nSPS) is 11.0. The molecule has 0 saturated heterocycles. The Morgan fingerprint density at radius 3 is 2.88 bits per heavy atom. The number of hydrazone groups is 1. The zero-order valence-corrected chi connectivity index (χ0v) is 14.7. The van der Waals surface area contributed by atoms with E-state index in [2.05, 4.69) is 25.9 Å². The number of nitrogens with zero attached hydrogens (tertiary/aromatic N) is 5. The van der Waals surface area contributed by atoms with E-state index in [1.54, 1.807) is 30.3 Å². The highest BCUT2D eigenvalue weighted by Crippen LogP contribution is 2.23. The van der Waals surface area contributed by atoms with Crippen molar-refractivity contribution in [3.05, 3.63) is 58.1 Å². The fraction of sp³-hybridized carbons (Fsp3) is 0.0625. The fourth-order valence-corrected chi connectivity index (χ4v) is 2.43. The highest BCUT2D eigenvalue weighted by atomic mass is 35.5. The van der Waals surface area contributed by atoms with E-state index in [0.29, 0.717) is 27.0 Å². The molecule has 26 heavy (non-hydrogen) atoms. The van der Waals surface area contributed by atoms with Crippen LogP contribution >= 0.6 is 23.2 Å². The maximum Gasteiger partial charge on any atom is 0.263 e. The highest BCUT2D eigenvalue weighted by Gasteiger charge is 2.11. The summed E-state index contributed by atoms with van der Waals surface area (Å²) >= 11 is 11.9. The van der Waals surface area contributed by atoms with Gasteiger partial charge in [-0.15, -0.1) is 10.2 Å². The van der Waals surface area contributed by atoms with E-state index < -0.39 is 5.91 Å². The molecular formula is C16H12Cl2N6O2. The van der Waals surface area contributed by atoms with Gasteiger partial charge in [-0.1, -0.05) is 35.3 Å². The number of carbonyl (C=O) groups excluding carboxylic acids is 1. The van der Waals surface area contributed by atoms with Gasteiger partial charge in [0.1, 0.15) is 12.3 Å². The number of nitrogens with one attached hydrogen (secondary N) is 1. The van der Waals surface area contributed by atoms with Crippen LogP contribution in [0.15, 0.2) is 47.6 Å². The molecule has 2 aromatic carbocycles. The molecule has 1 heterocycles. The number of halogens is 2. The molecular weight excluding hydrogens is 379 g/mol. The van der Waals surface area contributed by atoms with E-state index in [-0.39, 0.29) is 12.3 Å². The standard InChI is InChI=1S/C16H12Cl2N6O2/c17-11-5-6-14(25)10(7-11)8-19-20-15(26)9-24-22-16(21-23-24)12-3-1-2-4-13(12)18/h1-8,25H,9H2,(H,20,26)/b19-8-. The first kappa shape index (κ1) is 17.8. The lowest BCUT2D eigenvalue weighted by Gasteiger charge is -2.00. The maximum absolute atomic E-state index is 11.9. The molecule has 132 valence electrons. The van der Waals surface area contributed by atoms with Gasteiger partial charge in [-0.25, -0.2) is 5.43 Å². The summed E-state index contributed by atoms with van der Waals surface area (Å²) in [5, 5.41) is 26.2. The van der Waals surface area contributed by atoms with Crippen molar-refractivity contribution < 1.29 is 9.90 Å². The number of hydrogen-bond acceptors (Lipinski definition) is 6. The quantitative estimate of drug-likeness (QED) is 0.514. The molecule has 10 heteroatoms. The molecule has 0 saturated carbocycles. The Kier molecular flexibility index (Phi) is 5.45. The number of phenols is 1. The van der Waals surface area contributed by atoms with Crippen LogP contribution in [0.3, 0.4) is 0 Å². The first-order chi connectivity index (χ1) is 12.5. The van der Waals surface area contributed by atoms with Crippen LogP contribution in [-0.2, 0) is 11.3 Å². The van der Waals surface area contributed by atoms with Crippen LogP contribution in [0.25, 0.3) is 11.4 Å². The minimum absolute atomic E-state index is 0.00489. The van der Waals surface area contributed by atoms with Gasteiger partial charge in [0.15, 0.2) is 0 Å². The Balaban J connectivity index is 1.61. The van der Waals surface area contributed by atoms with Crippen LogP contribution in [-0.4, -0.2) is 37.4 Å². The van der Waals surface area contributed by atoms with Crippen LogP contribution in [0.2, 0.25) is 10.0 Å². The van der Waals surface area contributed by atoms with E-state index in [0.717, 1.165) is 4.80 Å². The van der Waals surface area contributed by atoms with Crippen LogP contribution in [0.5, 0.6) is 5.75 Å². The monoisotopic (exact) mass is 390 g/mol. The number of tetrazole rings is 1. The van der Waals surface area contributed by atoms with E-state index in [1.165, 1.54) is 18.3 Å². The van der Waals surface area contributed by atoms with Gasteiger partial charge in [-0.2, -0.15) is 9.90 Å². The molecule has 0 spiro atoms. The number of aromatic hydroxyl groups is 1. The number of aromatic nitrogens is 4. The maximum atomic E-state index is 11.9. The first-order valence-corrected chi connectivity index (χ1v) is 8.11. The molecule has 2 N–H and O–H groups in total. The summed E-state index contributed by atoms with van der Waals surface area (Å²) in [6.07, 6.45) is 1.28. The van der Waals surface area contributed by atoms with Gasteiger partial charge in [-0.05, 0) is 35.5 Å². The molecule has 0 unspecified atom stereocenters. The average molecular weight is 391 g/mol. The van der Waals surface area contributed by atoms with Gasteiger partial charge in [-0.3, -0.25) is 4.79 Å². The molecule has 0 atom stereocenters. The second-order valence-electron chi connectivity index (χ2n) is 5.12. The fourth-order valence-electron chi connectivity index (χ4n) is 2.03. The Labute approximate surface area is 158 Å². The van der Waals surface area contributed by atoms with Gasteiger partial charge >= 0.3 is 0 Å². The van der Waals surface area contributed by atoms with Crippen LogP contribution in [0.4, 0.5) is 0 Å². The van der Waals surface area contributed by atoms with Gasteiger partial charge in [0.05, 0.1) is 11.2 Å². The number of hydrogen-bond donors (Lipinski definition) is 2. The number of amides is 1. The van der Waals surface area contributed by atoms with Gasteiger partial charge in [0, 0.05) is 16.1 Å². The lowest BCUT2D eigenvalue weighted by atomic mass is 10.2. The smallest absolute Gasteiger partial charge is 0.263 e. The summed E-state index contributed by atoms with van der Waals surface area (Å²) in [4.78, 5) is 13.0. The van der Waals surface area contributed by atoms with E-state index >= 15 is 0 Å². The summed E-state index contributed by atoms with van der Waals surface area (Å²) in [5.74, 6) is -0.156. The molecule has 0 fully saturated rings. The third-order valence-electron chi connectivity index (χ3n) is 3.24. The largest absolute Gasteiger partial charge is 0.507 e. The lowest BCUT2D eigenvalue weighted by Crippen LogP contribution is -2.24. The van der Waals surface area contributed by atoms with Crippen molar-refractivity contribution in [2.24, 2.45) is 5.10 Å². The van der Waals surface area contributed by atoms with Crippen molar-refractivity contribution in [1.29, 1.82) is 0 Å². The van der Waals surface area contributed by atoms with Gasteiger partial charge < -0.3 is 5.11 Å². The average Bonchev–Trinajstić information content (AvgIpc) is 3.06. The number of carbonyl (C=O) groups is 1. The second kappa shape index (κ2) is 7.94. The van der Waals surface area contributed by atoms with Crippen molar-refractivity contribution >= 4 is 35.3 Å². The molecule has 0 bridgehead atoms. The lowest BCUT2D eigenvalue weighted by molar-refractivity contribution is -0.122. The molecule has 3 rings (SSSR count). The zero-order valence-electron chi connectivity index (χ0n) is 13.2. The molecule has 0 radical (unpaired) electrons. The van der Waals surface area contributed by atoms with Crippen LogP contribution in [0.1, 0.15) is 5.56 Å². The van der Waals surface area contributed by atoms with Gasteiger partial charge in [0.25, 0.3) is 5.91 Å². The van der Waals surface area contributed by atoms with Crippen molar-refractivity contribution in [1.82, 2.24) is 25.6 Å². The summed E-state index contributed by atoms with van der Waals surface area (Å²) < 4.78 is 0. The van der Waals surface area contributed by atoms with Crippen molar-refractivity contribution in [2.75, 3.05) is 0 Å². The number of phenolic OH excluding ortho intramolecular Hbond substituents is 1. The predicted molar refractivity (Wildman–Crippen MR) is 97.1 cm³/mol. The third-order valence-corrected chi connectivity index (χ3v) is 3.80. The predicted octanol–water partition coefficient (Wildman–Crippen LogP) is 2.50. The number of benzene rings is 2. The first-order valence-electron chi connectivity index (χ1n) is 7.36. The SMILES string of the molecule is O=C(Cn1nnc(-c2ccccc2Cl)n1)N/N=C\c1cc(Cl)ccc1O.